The number of oxazole rings is 1. The first-order valence-corrected chi connectivity index (χ1v) is 10.3. The topological polar surface area (TPSA) is 126 Å². The first-order valence-electron chi connectivity index (χ1n) is 10.3. The number of hydroxylamine groups is 1. The zero-order valence-electron chi connectivity index (χ0n) is 18.2. The number of nitrogens with zero attached hydrogens (tertiary/aromatic N) is 1. The van der Waals surface area contributed by atoms with Crippen molar-refractivity contribution in [2.45, 2.75) is 31.9 Å². The summed E-state index contributed by atoms with van der Waals surface area (Å²) in [5.74, 6) is -0.00542. The predicted molar refractivity (Wildman–Crippen MR) is 116 cm³/mol. The molecule has 0 unspecified atom stereocenters. The molecule has 0 bridgehead atoms. The number of nitrogens with one attached hydrogen (secondary N) is 3. The van der Waals surface area contributed by atoms with E-state index in [1.807, 2.05) is 0 Å². The lowest BCUT2D eigenvalue weighted by atomic mass is 10.2. The lowest BCUT2D eigenvalue weighted by molar-refractivity contribution is -0.137. The minimum Gasteiger partial charge on any atom is -0.495 e. The summed E-state index contributed by atoms with van der Waals surface area (Å²) in [6.07, 6.45) is -2.42. The van der Waals surface area contributed by atoms with Gasteiger partial charge in [-0.1, -0.05) is 6.42 Å². The van der Waals surface area contributed by atoms with Gasteiger partial charge in [0, 0.05) is 18.5 Å². The van der Waals surface area contributed by atoms with Gasteiger partial charge in [-0.15, -0.1) is 0 Å². The molecule has 4 N–H and O–H groups in total. The van der Waals surface area contributed by atoms with Crippen LogP contribution in [-0.2, 0) is 11.0 Å². The molecule has 3 amide bonds. The van der Waals surface area contributed by atoms with Crippen LogP contribution >= 0.6 is 0 Å². The second-order valence-electron chi connectivity index (χ2n) is 7.34. The van der Waals surface area contributed by atoms with Crippen molar-refractivity contribution < 1.29 is 37.1 Å². The summed E-state index contributed by atoms with van der Waals surface area (Å²) in [6.45, 7) is 0.362. The van der Waals surface area contributed by atoms with Crippen LogP contribution in [0.15, 0.2) is 40.8 Å². The maximum atomic E-state index is 13.0. The molecule has 3 aromatic rings. The van der Waals surface area contributed by atoms with Gasteiger partial charge in [0.2, 0.25) is 11.8 Å². The normalized spacial score (nSPS) is 11.3. The van der Waals surface area contributed by atoms with Crippen molar-refractivity contribution in [3.05, 3.63) is 42.0 Å². The first kappa shape index (κ1) is 24.8. The minimum atomic E-state index is -4.49. The molecule has 0 aliphatic carbocycles. The van der Waals surface area contributed by atoms with E-state index in [1.165, 1.54) is 13.2 Å². The number of hydrogen-bond donors (Lipinski definition) is 4. The molecule has 3 rings (SSSR count). The number of fused-ring (bicyclic) bond motifs is 1. The number of urea groups is 1. The van der Waals surface area contributed by atoms with Gasteiger partial charge in [-0.25, -0.2) is 15.3 Å². The van der Waals surface area contributed by atoms with Gasteiger partial charge in [0.1, 0.15) is 11.3 Å². The van der Waals surface area contributed by atoms with Crippen LogP contribution in [0.4, 0.5) is 23.7 Å². The third-order valence-electron chi connectivity index (χ3n) is 4.90. The van der Waals surface area contributed by atoms with Crippen molar-refractivity contribution in [3.63, 3.8) is 0 Å². The van der Waals surface area contributed by atoms with Crippen molar-refractivity contribution in [1.82, 2.24) is 15.8 Å². The largest absolute Gasteiger partial charge is 0.495 e. The number of hydrogen-bond acceptors (Lipinski definition) is 6. The Labute approximate surface area is 192 Å². The number of carbonyl (C=O) groups excluding carboxylic acids is 2. The number of ether oxygens (including phenoxy) is 1. The molecule has 0 atom stereocenters. The quantitative estimate of drug-likeness (QED) is 0.200. The first-order chi connectivity index (χ1) is 16.2. The van der Waals surface area contributed by atoms with Crippen LogP contribution in [0.25, 0.3) is 22.6 Å². The van der Waals surface area contributed by atoms with Crippen molar-refractivity contribution in [2.75, 3.05) is 19.0 Å². The molecule has 0 aliphatic heterocycles. The molecule has 0 saturated heterocycles. The molecule has 182 valence electrons. The summed E-state index contributed by atoms with van der Waals surface area (Å²) in [5, 5.41) is 13.8. The van der Waals surface area contributed by atoms with Gasteiger partial charge in [-0.05, 0) is 49.2 Å². The number of amides is 3. The van der Waals surface area contributed by atoms with E-state index >= 15 is 0 Å². The molecule has 0 saturated carbocycles. The van der Waals surface area contributed by atoms with Gasteiger partial charge in [-0.2, -0.15) is 13.2 Å². The average molecular weight is 480 g/mol. The molecule has 0 spiro atoms. The van der Waals surface area contributed by atoms with Crippen LogP contribution in [0.2, 0.25) is 0 Å². The van der Waals surface area contributed by atoms with Gasteiger partial charge >= 0.3 is 12.2 Å². The Morgan fingerprint density at radius 3 is 2.62 bits per heavy atom. The third kappa shape index (κ3) is 6.38. The van der Waals surface area contributed by atoms with E-state index < -0.39 is 23.7 Å². The van der Waals surface area contributed by atoms with E-state index in [0.29, 0.717) is 42.8 Å². The van der Waals surface area contributed by atoms with Gasteiger partial charge in [0.05, 0.1) is 18.4 Å². The van der Waals surface area contributed by atoms with E-state index in [4.69, 9.17) is 14.4 Å². The molecule has 0 radical (unpaired) electrons. The average Bonchev–Trinajstić information content (AvgIpc) is 3.24. The van der Waals surface area contributed by atoms with E-state index in [9.17, 15) is 22.8 Å². The van der Waals surface area contributed by atoms with Gasteiger partial charge < -0.3 is 19.8 Å². The number of methoxy groups -OCH3 is 1. The molecule has 2 aromatic carbocycles. The molecule has 0 aliphatic rings. The number of anilines is 1. The van der Waals surface area contributed by atoms with Gasteiger partial charge in [-0.3, -0.25) is 10.0 Å². The summed E-state index contributed by atoms with van der Waals surface area (Å²) in [5.41, 5.74) is 1.73. The van der Waals surface area contributed by atoms with Crippen LogP contribution in [0.3, 0.4) is 0 Å². The Bertz CT molecular complexity index is 1160. The van der Waals surface area contributed by atoms with Gasteiger partial charge in [0.15, 0.2) is 5.58 Å². The zero-order chi connectivity index (χ0) is 24.7. The Morgan fingerprint density at radius 2 is 1.91 bits per heavy atom. The second-order valence-corrected chi connectivity index (χ2v) is 7.34. The minimum absolute atomic E-state index is 0.0596. The summed E-state index contributed by atoms with van der Waals surface area (Å²) >= 11 is 0. The molecular weight excluding hydrogens is 457 g/mol. The maximum Gasteiger partial charge on any atom is 0.416 e. The summed E-state index contributed by atoms with van der Waals surface area (Å²) in [7, 11) is 1.43. The maximum absolute atomic E-state index is 13.0. The summed E-state index contributed by atoms with van der Waals surface area (Å²) in [4.78, 5) is 27.4. The number of aromatic nitrogens is 1. The highest BCUT2D eigenvalue weighted by atomic mass is 19.4. The predicted octanol–water partition coefficient (Wildman–Crippen LogP) is 4.71. The van der Waals surface area contributed by atoms with Gasteiger partial charge in [0.25, 0.3) is 0 Å². The van der Waals surface area contributed by atoms with E-state index in [1.54, 1.807) is 23.7 Å². The second kappa shape index (κ2) is 10.9. The molecule has 1 heterocycles. The fourth-order valence-corrected chi connectivity index (χ4v) is 3.18. The Hall–Kier alpha value is -3.80. The third-order valence-corrected chi connectivity index (χ3v) is 4.90. The molecular formula is C22H23F3N4O5. The number of rotatable bonds is 9. The van der Waals surface area contributed by atoms with Crippen molar-refractivity contribution in [1.29, 1.82) is 0 Å². The van der Waals surface area contributed by atoms with E-state index in [-0.39, 0.29) is 23.4 Å². The lowest BCUT2D eigenvalue weighted by Gasteiger charge is -2.12. The standard InChI is InChI=1S/C22H23F3N4O5/c1-33-17-8-6-13(20-27-16-12-14(22(23,24)25)7-9-18(16)34-20)11-15(17)28-21(31)26-10-4-2-3-5-19(30)29-32/h6-9,11-12,32H,2-5,10H2,1H3,(H,29,30)(H2,26,28,31). The highest BCUT2D eigenvalue weighted by Gasteiger charge is 2.31. The zero-order valence-corrected chi connectivity index (χ0v) is 18.2. The smallest absolute Gasteiger partial charge is 0.416 e. The van der Waals surface area contributed by atoms with E-state index in [2.05, 4.69) is 15.6 Å². The van der Waals surface area contributed by atoms with E-state index in [0.717, 1.165) is 12.1 Å². The number of unbranched alkanes of at least 4 members (excludes halogenated alkanes) is 2. The monoisotopic (exact) mass is 480 g/mol. The van der Waals surface area contributed by atoms with Crippen molar-refractivity contribution in [2.24, 2.45) is 0 Å². The van der Waals surface area contributed by atoms with Crippen LogP contribution in [0, 0.1) is 0 Å². The molecule has 34 heavy (non-hydrogen) atoms. The number of alkyl halides is 3. The molecule has 0 fully saturated rings. The lowest BCUT2D eigenvalue weighted by Crippen LogP contribution is -2.29. The highest BCUT2D eigenvalue weighted by molar-refractivity contribution is 5.92. The summed E-state index contributed by atoms with van der Waals surface area (Å²) in [6, 6.07) is 7.28. The Morgan fingerprint density at radius 1 is 1.12 bits per heavy atom. The number of carbonyl (C=O) groups is 2. The van der Waals surface area contributed by atoms with Crippen LogP contribution in [0.5, 0.6) is 5.75 Å². The van der Waals surface area contributed by atoms with Crippen LogP contribution in [0.1, 0.15) is 31.2 Å². The molecule has 9 nitrogen and oxygen atoms in total. The SMILES string of the molecule is COc1ccc(-c2nc3cc(C(F)(F)F)ccc3o2)cc1NC(=O)NCCCCCC(=O)NO. The van der Waals surface area contributed by atoms with Crippen LogP contribution < -0.4 is 20.9 Å². The fraction of sp³-hybridized carbons (Fsp3) is 0.318. The van der Waals surface area contributed by atoms with Crippen molar-refractivity contribution in [3.8, 4) is 17.2 Å². The highest BCUT2D eigenvalue weighted by Crippen LogP contribution is 2.34. The fourth-order valence-electron chi connectivity index (χ4n) is 3.18. The van der Waals surface area contributed by atoms with Crippen LogP contribution in [-0.4, -0.2) is 35.8 Å². The number of halogens is 3. The molecule has 12 heteroatoms. The summed E-state index contributed by atoms with van der Waals surface area (Å²) < 4.78 is 49.7. The number of benzene rings is 2. The Balaban J connectivity index is 1.66. The molecule has 1 aromatic heterocycles. The Kier molecular flexibility index (Phi) is 7.95. The van der Waals surface area contributed by atoms with Crippen molar-refractivity contribution >= 4 is 28.7 Å².